The molecule has 9 heteroatoms. The van der Waals surface area contributed by atoms with Crippen molar-refractivity contribution in [3.8, 4) is 0 Å². The molecule has 2 heterocycles. The SMILES string of the molecule is CNc1nc2c(cc1Cl)c(=O)c1ccc(Cl)c(SC)c1n2CC(=O)O. The molecule has 0 spiro atoms. The third kappa shape index (κ3) is 2.92. The van der Waals surface area contributed by atoms with E-state index in [1.807, 2.05) is 6.26 Å². The summed E-state index contributed by atoms with van der Waals surface area (Å²) in [5, 5.41) is 13.6. The summed E-state index contributed by atoms with van der Waals surface area (Å²) < 4.78 is 1.49. The van der Waals surface area contributed by atoms with Crippen molar-refractivity contribution in [3.63, 3.8) is 0 Å². The molecule has 0 saturated heterocycles. The number of thioether (sulfide) groups is 1. The number of halogens is 2. The number of carbonyl (C=O) groups is 1. The van der Waals surface area contributed by atoms with Gasteiger partial charge in [-0.2, -0.15) is 0 Å². The first kappa shape index (κ1) is 17.8. The highest BCUT2D eigenvalue weighted by Crippen LogP contribution is 2.34. The second kappa shape index (κ2) is 6.74. The van der Waals surface area contributed by atoms with Crippen molar-refractivity contribution in [2.45, 2.75) is 11.4 Å². The molecular weight excluding hydrogens is 385 g/mol. The molecule has 6 nitrogen and oxygen atoms in total. The largest absolute Gasteiger partial charge is 0.480 e. The van der Waals surface area contributed by atoms with E-state index in [1.165, 1.54) is 22.4 Å². The van der Waals surface area contributed by atoms with Crippen LogP contribution in [0.4, 0.5) is 5.82 Å². The average Bonchev–Trinajstić information content (AvgIpc) is 2.57. The monoisotopic (exact) mass is 397 g/mol. The first-order valence-electron chi connectivity index (χ1n) is 7.17. The molecule has 0 aliphatic heterocycles. The Balaban J connectivity index is 2.63. The molecule has 0 saturated carbocycles. The third-order valence-electron chi connectivity index (χ3n) is 3.79. The number of nitrogens with one attached hydrogen (secondary N) is 1. The lowest BCUT2D eigenvalue weighted by atomic mass is 10.1. The predicted molar refractivity (Wildman–Crippen MR) is 102 cm³/mol. The fourth-order valence-corrected chi connectivity index (χ4v) is 4.07. The minimum atomic E-state index is -1.05. The van der Waals surface area contributed by atoms with Gasteiger partial charge in [-0.05, 0) is 24.5 Å². The maximum atomic E-state index is 12.9. The van der Waals surface area contributed by atoms with Gasteiger partial charge < -0.3 is 15.0 Å². The zero-order valence-corrected chi connectivity index (χ0v) is 15.6. The number of anilines is 1. The van der Waals surface area contributed by atoms with Gasteiger partial charge in [0.05, 0.1) is 25.8 Å². The molecule has 2 N–H and O–H groups in total. The van der Waals surface area contributed by atoms with Gasteiger partial charge in [-0.1, -0.05) is 23.2 Å². The highest BCUT2D eigenvalue weighted by Gasteiger charge is 2.19. The van der Waals surface area contributed by atoms with E-state index in [2.05, 4.69) is 10.3 Å². The van der Waals surface area contributed by atoms with E-state index in [1.54, 1.807) is 19.2 Å². The number of pyridine rings is 2. The molecule has 0 fully saturated rings. The lowest BCUT2D eigenvalue weighted by Crippen LogP contribution is -2.18. The van der Waals surface area contributed by atoms with E-state index < -0.39 is 5.97 Å². The van der Waals surface area contributed by atoms with Crippen LogP contribution in [0.5, 0.6) is 0 Å². The smallest absolute Gasteiger partial charge is 0.323 e. The van der Waals surface area contributed by atoms with E-state index in [0.29, 0.717) is 26.6 Å². The van der Waals surface area contributed by atoms with E-state index >= 15 is 0 Å². The van der Waals surface area contributed by atoms with E-state index in [9.17, 15) is 14.7 Å². The highest BCUT2D eigenvalue weighted by molar-refractivity contribution is 7.99. The Kier molecular flexibility index (Phi) is 4.81. The molecule has 0 unspecified atom stereocenters. The van der Waals surface area contributed by atoms with Gasteiger partial charge in [0.2, 0.25) is 0 Å². The normalized spacial score (nSPS) is 11.2. The topological polar surface area (TPSA) is 84.2 Å². The van der Waals surface area contributed by atoms with Crippen LogP contribution in [0.2, 0.25) is 10.0 Å². The molecule has 0 aliphatic rings. The van der Waals surface area contributed by atoms with E-state index in [-0.39, 0.29) is 28.0 Å². The third-order valence-corrected chi connectivity index (χ3v) is 5.33. The van der Waals surface area contributed by atoms with Crippen LogP contribution in [-0.4, -0.2) is 33.9 Å². The summed E-state index contributed by atoms with van der Waals surface area (Å²) in [5.41, 5.74) is 0.429. The Morgan fingerprint density at radius 2 is 2.04 bits per heavy atom. The Morgan fingerprint density at radius 1 is 1.32 bits per heavy atom. The molecule has 0 radical (unpaired) electrons. The Hall–Kier alpha value is -1.96. The lowest BCUT2D eigenvalue weighted by Gasteiger charge is -2.17. The molecule has 3 aromatic rings. The maximum Gasteiger partial charge on any atom is 0.323 e. The van der Waals surface area contributed by atoms with Gasteiger partial charge in [-0.25, -0.2) is 4.98 Å². The zero-order chi connectivity index (χ0) is 18.3. The fourth-order valence-electron chi connectivity index (χ4n) is 2.76. The first-order chi connectivity index (χ1) is 11.9. The fraction of sp³-hybridized carbons (Fsp3) is 0.188. The minimum Gasteiger partial charge on any atom is -0.480 e. The summed E-state index contributed by atoms with van der Waals surface area (Å²) in [4.78, 5) is 29.4. The van der Waals surface area contributed by atoms with Crippen LogP contribution in [-0.2, 0) is 11.3 Å². The molecule has 0 bridgehead atoms. The Morgan fingerprint density at radius 3 is 2.64 bits per heavy atom. The molecular formula is C16H13Cl2N3O3S. The number of hydrogen-bond acceptors (Lipinski definition) is 5. The number of benzene rings is 1. The van der Waals surface area contributed by atoms with Gasteiger partial charge >= 0.3 is 5.97 Å². The van der Waals surface area contributed by atoms with Gasteiger partial charge in [0.1, 0.15) is 18.0 Å². The summed E-state index contributed by atoms with van der Waals surface area (Å²) >= 11 is 13.8. The number of carboxylic acid groups (broad SMARTS) is 1. The summed E-state index contributed by atoms with van der Waals surface area (Å²) in [5.74, 6) is -0.694. The molecule has 0 aliphatic carbocycles. The van der Waals surface area contributed by atoms with Crippen molar-refractivity contribution < 1.29 is 9.90 Å². The molecule has 2 aromatic heterocycles. The second-order valence-electron chi connectivity index (χ2n) is 5.23. The summed E-state index contributed by atoms with van der Waals surface area (Å²) in [6.45, 7) is -0.362. The van der Waals surface area contributed by atoms with Crippen LogP contribution in [0.3, 0.4) is 0 Å². The zero-order valence-electron chi connectivity index (χ0n) is 13.3. The number of aliphatic carboxylic acids is 1. The van der Waals surface area contributed by atoms with Crippen LogP contribution in [0, 0.1) is 0 Å². The standard InChI is InChI=1S/C16H13Cl2N3O3S/c1-19-15-10(18)5-8-13(24)7-3-4-9(17)14(25-2)12(7)21(6-11(22)23)16(8)20-15/h3-5H,6H2,1-2H3,(H,19,20)(H,22,23). The number of nitrogens with zero attached hydrogens (tertiary/aromatic N) is 2. The summed E-state index contributed by atoms with van der Waals surface area (Å²) in [6, 6.07) is 4.73. The average molecular weight is 398 g/mol. The number of hydrogen-bond donors (Lipinski definition) is 2. The molecule has 3 rings (SSSR count). The number of rotatable bonds is 4. The Bertz CT molecular complexity index is 1080. The quantitative estimate of drug-likeness (QED) is 0.515. The number of carboxylic acids is 1. The molecule has 25 heavy (non-hydrogen) atoms. The van der Waals surface area contributed by atoms with Gasteiger partial charge in [-0.3, -0.25) is 9.59 Å². The van der Waals surface area contributed by atoms with Crippen LogP contribution in [0.15, 0.2) is 27.9 Å². The lowest BCUT2D eigenvalue weighted by molar-refractivity contribution is -0.137. The van der Waals surface area contributed by atoms with Crippen molar-refractivity contribution in [1.82, 2.24) is 9.55 Å². The number of aromatic nitrogens is 2. The van der Waals surface area contributed by atoms with E-state index in [4.69, 9.17) is 23.2 Å². The van der Waals surface area contributed by atoms with Gasteiger partial charge in [0.15, 0.2) is 5.43 Å². The molecule has 0 amide bonds. The van der Waals surface area contributed by atoms with Crippen molar-refractivity contribution in [1.29, 1.82) is 0 Å². The maximum absolute atomic E-state index is 12.9. The predicted octanol–water partition coefficient (Wildman–Crippen LogP) is 3.70. The van der Waals surface area contributed by atoms with Crippen LogP contribution < -0.4 is 10.7 Å². The summed E-state index contributed by atoms with van der Waals surface area (Å²) in [7, 11) is 1.64. The van der Waals surface area contributed by atoms with Crippen molar-refractivity contribution in [2.75, 3.05) is 18.6 Å². The molecule has 0 atom stereocenters. The van der Waals surface area contributed by atoms with Crippen LogP contribution >= 0.6 is 35.0 Å². The van der Waals surface area contributed by atoms with Crippen molar-refractivity contribution >= 4 is 68.7 Å². The molecule has 130 valence electrons. The van der Waals surface area contributed by atoms with Crippen LogP contribution in [0.1, 0.15) is 0 Å². The Labute approximate surface area is 156 Å². The van der Waals surface area contributed by atoms with Crippen molar-refractivity contribution in [3.05, 3.63) is 38.5 Å². The first-order valence-corrected chi connectivity index (χ1v) is 9.16. The van der Waals surface area contributed by atoms with Gasteiger partial charge in [-0.15, -0.1) is 11.8 Å². The van der Waals surface area contributed by atoms with Gasteiger partial charge in [0.25, 0.3) is 0 Å². The number of fused-ring (bicyclic) bond motifs is 2. The second-order valence-corrected chi connectivity index (χ2v) is 6.86. The van der Waals surface area contributed by atoms with Crippen LogP contribution in [0.25, 0.3) is 21.9 Å². The highest BCUT2D eigenvalue weighted by atomic mass is 35.5. The summed E-state index contributed by atoms with van der Waals surface area (Å²) in [6.07, 6.45) is 1.81. The minimum absolute atomic E-state index is 0.242. The molecule has 1 aromatic carbocycles. The van der Waals surface area contributed by atoms with E-state index in [0.717, 1.165) is 0 Å². The van der Waals surface area contributed by atoms with Gasteiger partial charge in [0, 0.05) is 12.4 Å². The van der Waals surface area contributed by atoms with Crippen molar-refractivity contribution in [2.24, 2.45) is 0 Å².